The second kappa shape index (κ2) is 6.61. The lowest BCUT2D eigenvalue weighted by atomic mass is 9.91. The van der Waals surface area contributed by atoms with Crippen molar-refractivity contribution < 1.29 is 23.1 Å². The molecule has 0 atom stereocenters. The monoisotopic (exact) mass is 401 g/mol. The number of carboxylic acids is 1. The van der Waals surface area contributed by atoms with E-state index in [1.807, 2.05) is 0 Å². The summed E-state index contributed by atoms with van der Waals surface area (Å²) in [7, 11) is -2.34. The van der Waals surface area contributed by atoms with Gasteiger partial charge in [-0.15, -0.1) is 0 Å². The number of H-pyrrole nitrogens is 1. The topological polar surface area (TPSA) is 128 Å². The van der Waals surface area contributed by atoms with Crippen molar-refractivity contribution in [1.82, 2.24) is 9.71 Å². The molecule has 4 N–H and O–H groups in total. The smallest absolute Gasteiger partial charge is 0.352 e. The highest BCUT2D eigenvalue weighted by molar-refractivity contribution is 7.89. The molecule has 1 aliphatic carbocycles. The van der Waals surface area contributed by atoms with Gasteiger partial charge in [-0.25, -0.2) is 17.9 Å². The van der Waals surface area contributed by atoms with Crippen LogP contribution in [-0.2, 0) is 27.7 Å². The number of benzene rings is 1. The third-order valence-electron chi connectivity index (χ3n) is 5.21. The Morgan fingerprint density at radius 1 is 1.21 bits per heavy atom. The van der Waals surface area contributed by atoms with Gasteiger partial charge in [0.1, 0.15) is 5.69 Å². The first-order valence-electron chi connectivity index (χ1n) is 8.90. The minimum absolute atomic E-state index is 0.0517. The molecule has 28 heavy (non-hydrogen) atoms. The van der Waals surface area contributed by atoms with Crippen LogP contribution >= 0.6 is 0 Å². The van der Waals surface area contributed by atoms with E-state index in [1.165, 1.54) is 19.2 Å². The zero-order valence-electron chi connectivity index (χ0n) is 15.1. The number of fused-ring (bicyclic) bond motifs is 2. The van der Waals surface area contributed by atoms with E-state index in [4.69, 9.17) is 0 Å². The van der Waals surface area contributed by atoms with Crippen molar-refractivity contribution in [3.63, 3.8) is 0 Å². The number of rotatable bonds is 4. The molecule has 2 aromatic rings. The molecule has 9 heteroatoms. The summed E-state index contributed by atoms with van der Waals surface area (Å²) in [6.45, 7) is 0. The molecule has 1 aliphatic heterocycles. The normalized spacial score (nSPS) is 17.3. The standard InChI is InChI=1S/C19H19N3O5S/c1-20-28(26,27)10-6-7-15-13(8-10)14(18(23)22-15)9-16-11-4-2-3-5-12(11)17(21-16)19(24)25/h6-9,20-21H,2-5H2,1H3,(H,22,23)(H,24,25)/b14-9-. The number of hydrogen-bond acceptors (Lipinski definition) is 4. The molecule has 0 radical (unpaired) electrons. The van der Waals surface area contributed by atoms with Gasteiger partial charge in [-0.05, 0) is 68.1 Å². The Bertz CT molecular complexity index is 1140. The van der Waals surface area contributed by atoms with Gasteiger partial charge < -0.3 is 15.4 Å². The molecule has 0 bridgehead atoms. The molecule has 2 heterocycles. The van der Waals surface area contributed by atoms with E-state index in [1.54, 1.807) is 12.1 Å². The van der Waals surface area contributed by atoms with Gasteiger partial charge in [0.2, 0.25) is 10.0 Å². The highest BCUT2D eigenvalue weighted by Crippen LogP contribution is 2.36. The summed E-state index contributed by atoms with van der Waals surface area (Å²) in [4.78, 5) is 27.1. The molecule has 1 amide bonds. The number of carboxylic acid groups (broad SMARTS) is 1. The Hall–Kier alpha value is -2.91. The fourth-order valence-corrected chi connectivity index (χ4v) is 4.57. The van der Waals surface area contributed by atoms with Crippen LogP contribution in [0.25, 0.3) is 11.6 Å². The minimum Gasteiger partial charge on any atom is -0.477 e. The fourth-order valence-electron chi connectivity index (χ4n) is 3.81. The minimum atomic E-state index is -3.66. The summed E-state index contributed by atoms with van der Waals surface area (Å²) in [5, 5.41) is 12.2. The molecule has 0 unspecified atom stereocenters. The molecule has 146 valence electrons. The Balaban J connectivity index is 1.86. The highest BCUT2D eigenvalue weighted by Gasteiger charge is 2.28. The summed E-state index contributed by atoms with van der Waals surface area (Å²) in [5.74, 6) is -1.38. The summed E-state index contributed by atoms with van der Waals surface area (Å²) >= 11 is 0. The third kappa shape index (κ3) is 2.92. The van der Waals surface area contributed by atoms with Crippen LogP contribution in [0.4, 0.5) is 5.69 Å². The van der Waals surface area contributed by atoms with Crippen molar-refractivity contribution >= 4 is 39.2 Å². The van der Waals surface area contributed by atoms with Crippen LogP contribution in [0, 0.1) is 0 Å². The number of aromatic carboxylic acids is 1. The zero-order chi connectivity index (χ0) is 20.1. The van der Waals surface area contributed by atoms with Crippen LogP contribution < -0.4 is 10.0 Å². The fraction of sp³-hybridized carbons (Fsp3) is 0.263. The van der Waals surface area contributed by atoms with Gasteiger partial charge in [0.05, 0.1) is 10.5 Å². The number of nitrogens with one attached hydrogen (secondary N) is 3. The Kier molecular flexibility index (Phi) is 4.35. The lowest BCUT2D eigenvalue weighted by molar-refractivity contribution is -0.110. The largest absolute Gasteiger partial charge is 0.477 e. The molecule has 2 aliphatic rings. The first-order chi connectivity index (χ1) is 13.3. The predicted octanol–water partition coefficient (Wildman–Crippen LogP) is 1.99. The summed E-state index contributed by atoms with van der Waals surface area (Å²) in [6, 6.07) is 4.41. The molecule has 8 nitrogen and oxygen atoms in total. The van der Waals surface area contributed by atoms with Crippen molar-refractivity contribution in [2.24, 2.45) is 0 Å². The molecule has 0 saturated carbocycles. The van der Waals surface area contributed by atoms with Gasteiger partial charge in [0.15, 0.2) is 0 Å². The quantitative estimate of drug-likeness (QED) is 0.583. The van der Waals surface area contributed by atoms with E-state index in [2.05, 4.69) is 15.0 Å². The Morgan fingerprint density at radius 3 is 2.61 bits per heavy atom. The Labute approximate surface area is 161 Å². The number of carbonyl (C=O) groups excluding carboxylic acids is 1. The number of aromatic nitrogens is 1. The SMILES string of the molecule is CNS(=O)(=O)c1ccc2c(c1)/C(=C/c1[nH]c(C(=O)O)c3c1CCCC3)C(=O)N2. The van der Waals surface area contributed by atoms with E-state index >= 15 is 0 Å². The molecular weight excluding hydrogens is 382 g/mol. The van der Waals surface area contributed by atoms with Crippen LogP contribution in [0.15, 0.2) is 23.1 Å². The van der Waals surface area contributed by atoms with Gasteiger partial charge in [-0.2, -0.15) is 0 Å². The van der Waals surface area contributed by atoms with E-state index in [9.17, 15) is 23.1 Å². The number of amides is 1. The number of carbonyl (C=O) groups is 2. The predicted molar refractivity (Wildman–Crippen MR) is 104 cm³/mol. The van der Waals surface area contributed by atoms with Crippen LogP contribution in [0.3, 0.4) is 0 Å². The number of hydrogen-bond donors (Lipinski definition) is 4. The average Bonchev–Trinajstić information content (AvgIpc) is 3.20. The van der Waals surface area contributed by atoms with E-state index < -0.39 is 16.0 Å². The van der Waals surface area contributed by atoms with Gasteiger partial charge in [0.25, 0.3) is 5.91 Å². The van der Waals surface area contributed by atoms with Crippen LogP contribution in [-0.4, -0.2) is 37.4 Å². The van der Waals surface area contributed by atoms with Gasteiger partial charge >= 0.3 is 5.97 Å². The summed E-state index contributed by atoms with van der Waals surface area (Å²) in [5.41, 5.74) is 3.74. The number of anilines is 1. The van der Waals surface area contributed by atoms with E-state index in [0.29, 0.717) is 28.9 Å². The number of aromatic amines is 1. The first kappa shape index (κ1) is 18.5. The maximum absolute atomic E-state index is 12.5. The summed E-state index contributed by atoms with van der Waals surface area (Å²) in [6.07, 6.45) is 4.92. The molecule has 0 saturated heterocycles. The lowest BCUT2D eigenvalue weighted by Gasteiger charge is -2.12. The summed E-state index contributed by atoms with van der Waals surface area (Å²) < 4.78 is 26.5. The lowest BCUT2D eigenvalue weighted by Crippen LogP contribution is -2.18. The molecule has 1 aromatic carbocycles. The first-order valence-corrected chi connectivity index (χ1v) is 10.4. The van der Waals surface area contributed by atoms with Crippen molar-refractivity contribution in [3.05, 3.63) is 46.3 Å². The maximum Gasteiger partial charge on any atom is 0.352 e. The van der Waals surface area contributed by atoms with Crippen LogP contribution in [0.1, 0.15) is 45.7 Å². The number of sulfonamides is 1. The van der Waals surface area contributed by atoms with Crippen LogP contribution in [0.2, 0.25) is 0 Å². The second-order valence-corrected chi connectivity index (χ2v) is 8.70. The van der Waals surface area contributed by atoms with Crippen molar-refractivity contribution in [3.8, 4) is 0 Å². The highest BCUT2D eigenvalue weighted by atomic mass is 32.2. The van der Waals surface area contributed by atoms with Gasteiger partial charge in [-0.3, -0.25) is 4.79 Å². The maximum atomic E-state index is 12.5. The van der Waals surface area contributed by atoms with Crippen molar-refractivity contribution in [2.45, 2.75) is 30.6 Å². The van der Waals surface area contributed by atoms with Gasteiger partial charge in [-0.1, -0.05) is 0 Å². The molecule has 0 fully saturated rings. The molecule has 4 rings (SSSR count). The molecule has 1 aromatic heterocycles. The van der Waals surface area contributed by atoms with Crippen molar-refractivity contribution in [2.75, 3.05) is 12.4 Å². The second-order valence-electron chi connectivity index (χ2n) is 6.81. The van der Waals surface area contributed by atoms with Crippen molar-refractivity contribution in [1.29, 1.82) is 0 Å². The Morgan fingerprint density at radius 2 is 1.93 bits per heavy atom. The van der Waals surface area contributed by atoms with Gasteiger partial charge in [0, 0.05) is 16.9 Å². The molecule has 0 spiro atoms. The van der Waals surface area contributed by atoms with E-state index in [0.717, 1.165) is 30.4 Å². The third-order valence-corrected chi connectivity index (χ3v) is 6.62. The average molecular weight is 401 g/mol. The zero-order valence-corrected chi connectivity index (χ0v) is 15.9. The van der Waals surface area contributed by atoms with E-state index in [-0.39, 0.29) is 16.5 Å². The van der Waals surface area contributed by atoms with Crippen LogP contribution in [0.5, 0.6) is 0 Å². The molecular formula is C19H19N3O5S.